The van der Waals surface area contributed by atoms with Gasteiger partial charge < -0.3 is 9.64 Å². The molecule has 1 aromatic carbocycles. The maximum Gasteiger partial charge on any atom is 0.226 e. The van der Waals surface area contributed by atoms with Crippen LogP contribution in [0.4, 0.5) is 0 Å². The van der Waals surface area contributed by atoms with Gasteiger partial charge in [-0.05, 0) is 37.3 Å². The van der Waals surface area contributed by atoms with Crippen LogP contribution in [0.5, 0.6) is 5.75 Å². The maximum absolute atomic E-state index is 12.5. The van der Waals surface area contributed by atoms with Crippen LogP contribution in [0.25, 0.3) is 0 Å². The van der Waals surface area contributed by atoms with Gasteiger partial charge in [-0.1, -0.05) is 32.0 Å². The highest BCUT2D eigenvalue weighted by Crippen LogP contribution is 2.32. The van der Waals surface area contributed by atoms with Gasteiger partial charge in [0.05, 0.1) is 12.2 Å². The van der Waals surface area contributed by atoms with Crippen molar-refractivity contribution in [1.82, 2.24) is 9.88 Å². The van der Waals surface area contributed by atoms with Gasteiger partial charge in [-0.15, -0.1) is 11.3 Å². The number of hydrogen-bond acceptors (Lipinski definition) is 4. The minimum absolute atomic E-state index is 0.251. The smallest absolute Gasteiger partial charge is 0.226 e. The van der Waals surface area contributed by atoms with Gasteiger partial charge in [-0.2, -0.15) is 0 Å². The summed E-state index contributed by atoms with van der Waals surface area (Å²) in [5, 5.41) is 2.99. The molecule has 0 spiro atoms. The Bertz CT molecular complexity index is 722. The van der Waals surface area contributed by atoms with Gasteiger partial charge in [0.15, 0.2) is 0 Å². The van der Waals surface area contributed by atoms with E-state index in [-0.39, 0.29) is 5.92 Å². The molecule has 1 saturated carbocycles. The fraction of sp³-hybridized carbons (Fsp3) is 0.500. The second kappa shape index (κ2) is 8.00. The van der Waals surface area contributed by atoms with E-state index in [2.05, 4.69) is 18.8 Å². The van der Waals surface area contributed by atoms with Gasteiger partial charge in [-0.25, -0.2) is 4.98 Å². The predicted octanol–water partition coefficient (Wildman–Crippen LogP) is 4.43. The van der Waals surface area contributed by atoms with Crippen LogP contribution in [0.2, 0.25) is 0 Å². The fourth-order valence-corrected chi connectivity index (χ4v) is 3.50. The maximum atomic E-state index is 12.5. The molecule has 1 aromatic heterocycles. The SMILES string of the molecule is Cc1ccccc1OCc1nc(CN(CC(C)C)C(=O)C2CC2)cs1. The molecule has 5 heteroatoms. The molecule has 0 aliphatic heterocycles. The quantitative estimate of drug-likeness (QED) is 0.701. The first-order valence-electron chi connectivity index (χ1n) is 8.93. The van der Waals surface area contributed by atoms with Gasteiger partial charge in [0.1, 0.15) is 17.4 Å². The number of nitrogens with zero attached hydrogens (tertiary/aromatic N) is 2. The number of carbonyl (C=O) groups is 1. The van der Waals surface area contributed by atoms with Gasteiger partial charge in [0, 0.05) is 17.8 Å². The number of aromatic nitrogens is 1. The Morgan fingerprint density at radius 1 is 1.36 bits per heavy atom. The summed E-state index contributed by atoms with van der Waals surface area (Å²) in [5.41, 5.74) is 2.08. The number of benzene rings is 1. The lowest BCUT2D eigenvalue weighted by molar-refractivity contribution is -0.133. The third-order valence-electron chi connectivity index (χ3n) is 4.22. The van der Waals surface area contributed by atoms with Crippen molar-refractivity contribution in [3.8, 4) is 5.75 Å². The molecule has 0 saturated heterocycles. The lowest BCUT2D eigenvalue weighted by Gasteiger charge is -2.23. The van der Waals surface area contributed by atoms with Crippen molar-refractivity contribution in [3.05, 3.63) is 45.9 Å². The zero-order valence-corrected chi connectivity index (χ0v) is 16.0. The van der Waals surface area contributed by atoms with Gasteiger partial charge in [-0.3, -0.25) is 4.79 Å². The summed E-state index contributed by atoms with van der Waals surface area (Å²) in [6.07, 6.45) is 2.08. The van der Waals surface area contributed by atoms with Crippen molar-refractivity contribution in [2.45, 2.75) is 46.8 Å². The molecule has 0 bridgehead atoms. The zero-order valence-electron chi connectivity index (χ0n) is 15.2. The fourth-order valence-electron chi connectivity index (χ4n) is 2.80. The summed E-state index contributed by atoms with van der Waals surface area (Å²) in [7, 11) is 0. The molecular formula is C20H26N2O2S. The molecule has 1 aliphatic carbocycles. The minimum Gasteiger partial charge on any atom is -0.486 e. The van der Waals surface area contributed by atoms with Gasteiger partial charge in [0.2, 0.25) is 5.91 Å². The summed E-state index contributed by atoms with van der Waals surface area (Å²) in [6, 6.07) is 7.99. The second-order valence-electron chi connectivity index (χ2n) is 7.17. The number of carbonyl (C=O) groups excluding carboxylic acids is 1. The Morgan fingerprint density at radius 2 is 2.12 bits per heavy atom. The lowest BCUT2D eigenvalue weighted by atomic mass is 10.2. The molecule has 3 rings (SSSR count). The van der Waals surface area contributed by atoms with E-state index in [0.29, 0.717) is 25.0 Å². The monoisotopic (exact) mass is 358 g/mol. The topological polar surface area (TPSA) is 42.4 Å². The number of thiazole rings is 1. The van der Waals surface area contributed by atoms with Crippen LogP contribution in [-0.4, -0.2) is 22.3 Å². The minimum atomic E-state index is 0.251. The van der Waals surface area contributed by atoms with Crippen molar-refractivity contribution in [1.29, 1.82) is 0 Å². The first-order valence-corrected chi connectivity index (χ1v) is 9.81. The summed E-state index contributed by atoms with van der Waals surface area (Å²) < 4.78 is 5.87. The van der Waals surface area contributed by atoms with Crippen LogP contribution >= 0.6 is 11.3 Å². The molecule has 1 fully saturated rings. The lowest BCUT2D eigenvalue weighted by Crippen LogP contribution is -2.34. The van der Waals surface area contributed by atoms with E-state index in [0.717, 1.165) is 41.4 Å². The Hall–Kier alpha value is -1.88. The van der Waals surface area contributed by atoms with Crippen LogP contribution in [0, 0.1) is 18.8 Å². The second-order valence-corrected chi connectivity index (χ2v) is 8.12. The molecule has 2 aromatic rings. The summed E-state index contributed by atoms with van der Waals surface area (Å²) in [6.45, 7) is 8.20. The molecular weight excluding hydrogens is 332 g/mol. The van der Waals surface area contributed by atoms with E-state index in [1.807, 2.05) is 41.5 Å². The normalized spacial score (nSPS) is 13.9. The summed E-state index contributed by atoms with van der Waals surface area (Å²) >= 11 is 1.60. The van der Waals surface area contributed by atoms with E-state index < -0.39 is 0 Å². The number of aryl methyl sites for hydroxylation is 1. The van der Waals surface area contributed by atoms with E-state index in [4.69, 9.17) is 4.74 Å². The largest absolute Gasteiger partial charge is 0.486 e. The number of ether oxygens (including phenoxy) is 1. The summed E-state index contributed by atoms with van der Waals surface area (Å²) in [4.78, 5) is 19.1. The third-order valence-corrected chi connectivity index (χ3v) is 5.09. The van der Waals surface area contributed by atoms with Crippen molar-refractivity contribution < 1.29 is 9.53 Å². The van der Waals surface area contributed by atoms with E-state index >= 15 is 0 Å². The highest BCUT2D eigenvalue weighted by Gasteiger charge is 2.33. The molecule has 134 valence electrons. The van der Waals surface area contributed by atoms with Gasteiger partial charge in [0.25, 0.3) is 0 Å². The number of hydrogen-bond donors (Lipinski definition) is 0. The molecule has 1 aliphatic rings. The van der Waals surface area contributed by atoms with Crippen molar-refractivity contribution in [2.24, 2.45) is 11.8 Å². The zero-order chi connectivity index (χ0) is 17.8. The molecule has 0 atom stereocenters. The van der Waals surface area contributed by atoms with Crippen molar-refractivity contribution in [2.75, 3.05) is 6.54 Å². The Morgan fingerprint density at radius 3 is 2.80 bits per heavy atom. The Kier molecular flexibility index (Phi) is 5.74. The van der Waals surface area contributed by atoms with Crippen LogP contribution in [0.1, 0.15) is 43.0 Å². The predicted molar refractivity (Wildman–Crippen MR) is 101 cm³/mol. The van der Waals surface area contributed by atoms with Crippen LogP contribution in [-0.2, 0) is 17.9 Å². The molecule has 0 N–H and O–H groups in total. The summed E-state index contributed by atoms with van der Waals surface area (Å²) in [5.74, 6) is 1.90. The molecule has 0 radical (unpaired) electrons. The highest BCUT2D eigenvalue weighted by atomic mass is 32.1. The highest BCUT2D eigenvalue weighted by molar-refractivity contribution is 7.09. The average molecular weight is 359 g/mol. The number of para-hydroxylation sites is 1. The molecule has 25 heavy (non-hydrogen) atoms. The average Bonchev–Trinajstić information content (AvgIpc) is 3.33. The van der Waals surface area contributed by atoms with E-state index in [1.54, 1.807) is 11.3 Å². The van der Waals surface area contributed by atoms with Crippen LogP contribution in [0.3, 0.4) is 0 Å². The van der Waals surface area contributed by atoms with Crippen molar-refractivity contribution >= 4 is 17.2 Å². The van der Waals surface area contributed by atoms with Crippen LogP contribution < -0.4 is 4.74 Å². The van der Waals surface area contributed by atoms with Crippen LogP contribution in [0.15, 0.2) is 29.6 Å². The van der Waals surface area contributed by atoms with E-state index in [9.17, 15) is 4.79 Å². The molecule has 0 unspecified atom stereocenters. The standard InChI is InChI=1S/C20H26N2O2S/c1-14(2)10-22(20(23)16-8-9-16)11-17-13-25-19(21-17)12-24-18-7-5-4-6-15(18)3/h4-7,13-14,16H,8-12H2,1-3H3. The molecule has 1 amide bonds. The first-order chi connectivity index (χ1) is 12.0. The number of rotatable bonds is 8. The number of amides is 1. The molecule has 4 nitrogen and oxygen atoms in total. The Labute approximate surface area is 153 Å². The Balaban J connectivity index is 1.59. The first kappa shape index (κ1) is 17.9. The van der Waals surface area contributed by atoms with E-state index in [1.165, 1.54) is 0 Å². The van der Waals surface area contributed by atoms with Crippen molar-refractivity contribution in [3.63, 3.8) is 0 Å². The van der Waals surface area contributed by atoms with Gasteiger partial charge >= 0.3 is 0 Å². The third kappa shape index (κ3) is 5.05. The molecule has 1 heterocycles.